The molecule has 3 rings (SSSR count). The molecule has 1 aromatic carbocycles. The van der Waals surface area contributed by atoms with Crippen molar-refractivity contribution in [1.82, 2.24) is 4.90 Å². The molecular formula is C18H24N2O4. The van der Waals surface area contributed by atoms with Crippen LogP contribution < -0.4 is 4.74 Å². The van der Waals surface area contributed by atoms with Gasteiger partial charge in [0.25, 0.3) is 5.91 Å². The molecule has 1 saturated heterocycles. The zero-order valence-corrected chi connectivity index (χ0v) is 14.1. The molecule has 2 aliphatic rings. The van der Waals surface area contributed by atoms with E-state index in [4.69, 9.17) is 4.74 Å². The van der Waals surface area contributed by atoms with Crippen molar-refractivity contribution in [3.8, 4) is 5.75 Å². The molecule has 0 aromatic heterocycles. The Morgan fingerprint density at radius 2 is 2.04 bits per heavy atom. The van der Waals surface area contributed by atoms with Gasteiger partial charge in [-0.05, 0) is 50.2 Å². The standard InChI is InChI=1S/C18H24N2O4/c1-13-8-9-17(16(11-13)20(22)23)24-12-18(21)19-10-4-6-14-5-2-3-7-15(14)19/h8-9,11,14-15H,2-7,10,12H2,1H3. The third-order valence-corrected chi connectivity index (χ3v) is 5.23. The van der Waals surface area contributed by atoms with Gasteiger partial charge < -0.3 is 9.64 Å². The van der Waals surface area contributed by atoms with Gasteiger partial charge in [0.1, 0.15) is 0 Å². The number of carbonyl (C=O) groups is 1. The Morgan fingerprint density at radius 1 is 1.29 bits per heavy atom. The lowest BCUT2D eigenvalue weighted by atomic mass is 9.78. The first kappa shape index (κ1) is 16.7. The van der Waals surface area contributed by atoms with E-state index in [2.05, 4.69) is 0 Å². The van der Waals surface area contributed by atoms with Crippen LogP contribution in [-0.2, 0) is 4.79 Å². The first-order valence-electron chi connectivity index (χ1n) is 8.73. The molecule has 24 heavy (non-hydrogen) atoms. The number of nitro groups is 1. The van der Waals surface area contributed by atoms with Crippen LogP contribution in [0, 0.1) is 23.0 Å². The SMILES string of the molecule is Cc1ccc(OCC(=O)N2CCCC3CCCCC32)c([N+](=O)[O-])c1. The molecular weight excluding hydrogens is 308 g/mol. The summed E-state index contributed by atoms with van der Waals surface area (Å²) in [6.45, 7) is 2.44. The van der Waals surface area contributed by atoms with Gasteiger partial charge in [-0.2, -0.15) is 0 Å². The van der Waals surface area contributed by atoms with E-state index in [1.165, 1.54) is 31.7 Å². The van der Waals surface area contributed by atoms with Crippen LogP contribution in [0.15, 0.2) is 18.2 Å². The summed E-state index contributed by atoms with van der Waals surface area (Å²) < 4.78 is 5.52. The van der Waals surface area contributed by atoms with Gasteiger partial charge in [0.05, 0.1) is 4.92 Å². The van der Waals surface area contributed by atoms with E-state index < -0.39 is 4.92 Å². The van der Waals surface area contributed by atoms with Crippen LogP contribution in [0.25, 0.3) is 0 Å². The van der Waals surface area contributed by atoms with Crippen LogP contribution >= 0.6 is 0 Å². The van der Waals surface area contributed by atoms with Crippen molar-refractivity contribution in [3.05, 3.63) is 33.9 Å². The van der Waals surface area contributed by atoms with E-state index in [0.29, 0.717) is 12.0 Å². The molecule has 2 atom stereocenters. The molecule has 6 heteroatoms. The molecule has 0 radical (unpaired) electrons. The molecule has 0 spiro atoms. The third-order valence-electron chi connectivity index (χ3n) is 5.23. The van der Waals surface area contributed by atoms with Gasteiger partial charge in [0.2, 0.25) is 0 Å². The number of fused-ring (bicyclic) bond motifs is 1. The smallest absolute Gasteiger partial charge is 0.311 e. The minimum absolute atomic E-state index is 0.0542. The van der Waals surface area contributed by atoms with Crippen LogP contribution in [-0.4, -0.2) is 34.9 Å². The minimum Gasteiger partial charge on any atom is -0.477 e. The van der Waals surface area contributed by atoms with E-state index in [9.17, 15) is 14.9 Å². The summed E-state index contributed by atoms with van der Waals surface area (Å²) in [7, 11) is 0. The number of aryl methyl sites for hydroxylation is 1. The molecule has 0 bridgehead atoms. The second-order valence-electron chi connectivity index (χ2n) is 6.86. The predicted octanol–water partition coefficient (Wildman–Crippen LogP) is 3.46. The molecule has 130 valence electrons. The molecule has 1 aliphatic carbocycles. The van der Waals surface area contributed by atoms with Crippen molar-refractivity contribution < 1.29 is 14.5 Å². The van der Waals surface area contributed by atoms with Crippen LogP contribution in [0.1, 0.15) is 44.1 Å². The summed E-state index contributed by atoms with van der Waals surface area (Å²) >= 11 is 0. The van der Waals surface area contributed by atoms with Gasteiger partial charge in [-0.25, -0.2) is 0 Å². The third kappa shape index (κ3) is 3.52. The largest absolute Gasteiger partial charge is 0.477 e. The van der Waals surface area contributed by atoms with Crippen LogP contribution in [0.5, 0.6) is 5.75 Å². The number of rotatable bonds is 4. The van der Waals surface area contributed by atoms with E-state index in [0.717, 1.165) is 24.9 Å². The Bertz CT molecular complexity index is 629. The Balaban J connectivity index is 1.66. The second kappa shape index (κ2) is 7.20. The zero-order chi connectivity index (χ0) is 17.1. The van der Waals surface area contributed by atoms with Crippen LogP contribution in [0.3, 0.4) is 0 Å². The highest BCUT2D eigenvalue weighted by Crippen LogP contribution is 2.35. The lowest BCUT2D eigenvalue weighted by Crippen LogP contribution is -2.51. The molecule has 0 N–H and O–H groups in total. The van der Waals surface area contributed by atoms with Crippen molar-refractivity contribution in [2.24, 2.45) is 5.92 Å². The van der Waals surface area contributed by atoms with Crippen molar-refractivity contribution in [1.29, 1.82) is 0 Å². The van der Waals surface area contributed by atoms with Gasteiger partial charge in [-0.3, -0.25) is 14.9 Å². The van der Waals surface area contributed by atoms with E-state index >= 15 is 0 Å². The highest BCUT2D eigenvalue weighted by molar-refractivity contribution is 5.78. The maximum absolute atomic E-state index is 12.6. The van der Waals surface area contributed by atoms with Gasteiger partial charge in [0.15, 0.2) is 12.4 Å². The van der Waals surface area contributed by atoms with E-state index in [1.54, 1.807) is 19.1 Å². The van der Waals surface area contributed by atoms with Crippen molar-refractivity contribution in [2.45, 2.75) is 51.5 Å². The highest BCUT2D eigenvalue weighted by atomic mass is 16.6. The summed E-state index contributed by atoms with van der Waals surface area (Å²) in [5, 5.41) is 11.1. The van der Waals surface area contributed by atoms with Crippen molar-refractivity contribution >= 4 is 11.6 Å². The number of hydrogen-bond donors (Lipinski definition) is 0. The lowest BCUT2D eigenvalue weighted by Gasteiger charge is -2.44. The molecule has 1 aliphatic heterocycles. The minimum atomic E-state index is -0.467. The second-order valence-corrected chi connectivity index (χ2v) is 6.86. The molecule has 1 heterocycles. The first-order valence-corrected chi connectivity index (χ1v) is 8.73. The van der Waals surface area contributed by atoms with Gasteiger partial charge in [-0.15, -0.1) is 0 Å². The summed E-state index contributed by atoms with van der Waals surface area (Å²) in [5.74, 6) is 0.725. The van der Waals surface area contributed by atoms with Gasteiger partial charge >= 0.3 is 5.69 Å². The van der Waals surface area contributed by atoms with Crippen LogP contribution in [0.4, 0.5) is 5.69 Å². The predicted molar refractivity (Wildman–Crippen MR) is 90.0 cm³/mol. The molecule has 1 amide bonds. The Kier molecular flexibility index (Phi) is 5.02. The number of hydrogen-bond acceptors (Lipinski definition) is 4. The number of likely N-dealkylation sites (tertiary alicyclic amines) is 1. The molecule has 2 unspecified atom stereocenters. The number of ether oxygens (including phenoxy) is 1. The normalized spacial score (nSPS) is 23.5. The first-order chi connectivity index (χ1) is 11.6. The quantitative estimate of drug-likeness (QED) is 0.625. The molecule has 1 saturated carbocycles. The number of benzene rings is 1. The van der Waals surface area contributed by atoms with E-state index in [-0.39, 0.29) is 24.0 Å². The number of nitro benzene ring substituents is 1. The Hall–Kier alpha value is -2.11. The summed E-state index contributed by atoms with van der Waals surface area (Å²) in [6, 6.07) is 5.12. The topological polar surface area (TPSA) is 72.7 Å². The van der Waals surface area contributed by atoms with Crippen molar-refractivity contribution in [2.75, 3.05) is 13.2 Å². The fourth-order valence-corrected chi connectivity index (χ4v) is 4.05. The zero-order valence-electron chi connectivity index (χ0n) is 14.1. The van der Waals surface area contributed by atoms with Crippen molar-refractivity contribution in [3.63, 3.8) is 0 Å². The summed E-state index contributed by atoms with van der Waals surface area (Å²) in [5.41, 5.74) is 0.707. The lowest BCUT2D eigenvalue weighted by molar-refractivity contribution is -0.385. The van der Waals surface area contributed by atoms with Gasteiger partial charge in [0, 0.05) is 18.7 Å². The Morgan fingerprint density at radius 3 is 2.83 bits per heavy atom. The molecule has 1 aromatic rings. The van der Waals surface area contributed by atoms with E-state index in [1.807, 2.05) is 4.90 Å². The molecule has 6 nitrogen and oxygen atoms in total. The average molecular weight is 332 g/mol. The Labute approximate surface area is 141 Å². The number of amides is 1. The molecule has 2 fully saturated rings. The monoisotopic (exact) mass is 332 g/mol. The number of nitrogens with zero attached hydrogens (tertiary/aromatic N) is 2. The number of carbonyl (C=O) groups excluding carboxylic acids is 1. The highest BCUT2D eigenvalue weighted by Gasteiger charge is 2.35. The average Bonchev–Trinajstić information content (AvgIpc) is 2.59. The fourth-order valence-electron chi connectivity index (χ4n) is 4.05. The summed E-state index contributed by atoms with van der Waals surface area (Å²) in [6.07, 6.45) is 6.96. The van der Waals surface area contributed by atoms with Gasteiger partial charge in [-0.1, -0.05) is 18.9 Å². The number of piperidine rings is 1. The maximum atomic E-state index is 12.6. The maximum Gasteiger partial charge on any atom is 0.311 e. The fraction of sp³-hybridized carbons (Fsp3) is 0.611. The van der Waals surface area contributed by atoms with Crippen LogP contribution in [0.2, 0.25) is 0 Å². The summed E-state index contributed by atoms with van der Waals surface area (Å²) in [4.78, 5) is 25.2.